The number of nitrogens with zero attached hydrogens (tertiary/aromatic N) is 1. The Morgan fingerprint density at radius 1 is 1.33 bits per heavy atom. The Labute approximate surface area is 104 Å². The van der Waals surface area contributed by atoms with Crippen molar-refractivity contribution in [3.8, 4) is 6.07 Å². The first-order chi connectivity index (χ1) is 8.45. The highest BCUT2D eigenvalue weighted by Gasteiger charge is 2.18. The van der Waals surface area contributed by atoms with E-state index in [1.165, 1.54) is 0 Å². The molecule has 1 rings (SSSR count). The molecule has 0 bridgehead atoms. The van der Waals surface area contributed by atoms with Crippen molar-refractivity contribution in [2.75, 3.05) is 12.3 Å². The summed E-state index contributed by atoms with van der Waals surface area (Å²) in [6.45, 7) is 0.105. The van der Waals surface area contributed by atoms with E-state index >= 15 is 0 Å². The summed E-state index contributed by atoms with van der Waals surface area (Å²) in [6.07, 6.45) is 0.113. The number of sulfone groups is 1. The summed E-state index contributed by atoms with van der Waals surface area (Å²) in [5.74, 6) is -1.95. The maximum atomic E-state index is 12.6. The molecular weight excluding hydrogens is 259 g/mol. The first kappa shape index (κ1) is 14.1. The SMILES string of the molecule is N#CCCNC(=O)CS(=O)(=O)c1ccc(F)cc1. The number of nitriles is 1. The van der Waals surface area contributed by atoms with E-state index in [1.54, 1.807) is 0 Å². The van der Waals surface area contributed by atoms with E-state index in [-0.39, 0.29) is 17.9 Å². The van der Waals surface area contributed by atoms with Crippen LogP contribution in [-0.2, 0) is 14.6 Å². The fourth-order valence-electron chi connectivity index (χ4n) is 1.21. The van der Waals surface area contributed by atoms with Crippen LogP contribution in [-0.4, -0.2) is 26.6 Å². The van der Waals surface area contributed by atoms with Gasteiger partial charge in [-0.2, -0.15) is 5.26 Å². The van der Waals surface area contributed by atoms with Gasteiger partial charge in [-0.25, -0.2) is 12.8 Å². The minimum absolute atomic E-state index is 0.105. The molecule has 0 aliphatic heterocycles. The summed E-state index contributed by atoms with van der Waals surface area (Å²) in [6, 6.07) is 6.06. The molecule has 0 saturated heterocycles. The molecule has 1 N–H and O–H groups in total. The van der Waals surface area contributed by atoms with Crippen molar-refractivity contribution < 1.29 is 17.6 Å². The normalized spacial score (nSPS) is 10.7. The number of rotatable bonds is 5. The lowest BCUT2D eigenvalue weighted by molar-refractivity contribution is -0.118. The van der Waals surface area contributed by atoms with Crippen molar-refractivity contribution in [3.63, 3.8) is 0 Å². The maximum Gasteiger partial charge on any atom is 0.235 e. The molecule has 0 unspecified atom stereocenters. The third-order valence-electron chi connectivity index (χ3n) is 2.05. The van der Waals surface area contributed by atoms with E-state index in [2.05, 4.69) is 5.32 Å². The largest absolute Gasteiger partial charge is 0.354 e. The number of hydrogen-bond donors (Lipinski definition) is 1. The van der Waals surface area contributed by atoms with E-state index in [1.807, 2.05) is 6.07 Å². The summed E-state index contributed by atoms with van der Waals surface area (Å²) < 4.78 is 36.1. The van der Waals surface area contributed by atoms with E-state index in [4.69, 9.17) is 5.26 Å². The highest BCUT2D eigenvalue weighted by molar-refractivity contribution is 7.92. The van der Waals surface area contributed by atoms with Gasteiger partial charge in [0, 0.05) is 6.54 Å². The van der Waals surface area contributed by atoms with Crippen LogP contribution in [0.3, 0.4) is 0 Å². The van der Waals surface area contributed by atoms with Gasteiger partial charge >= 0.3 is 0 Å². The average Bonchev–Trinajstić information content (AvgIpc) is 2.29. The van der Waals surface area contributed by atoms with Gasteiger partial charge in [-0.05, 0) is 24.3 Å². The first-order valence-electron chi connectivity index (χ1n) is 5.07. The van der Waals surface area contributed by atoms with Crippen LogP contribution in [0.4, 0.5) is 4.39 Å². The van der Waals surface area contributed by atoms with Gasteiger partial charge in [0.15, 0.2) is 9.84 Å². The summed E-state index contributed by atoms with van der Waals surface area (Å²) in [7, 11) is -3.78. The molecule has 7 heteroatoms. The predicted octanol–water partition coefficient (Wildman–Crippen LogP) is 0.629. The van der Waals surface area contributed by atoms with Crippen LogP contribution in [0.1, 0.15) is 6.42 Å². The van der Waals surface area contributed by atoms with E-state index in [0.717, 1.165) is 24.3 Å². The number of amides is 1. The van der Waals surface area contributed by atoms with Crippen molar-refractivity contribution >= 4 is 15.7 Å². The van der Waals surface area contributed by atoms with Crippen LogP contribution in [0, 0.1) is 17.1 Å². The molecule has 0 aromatic heterocycles. The van der Waals surface area contributed by atoms with Crippen molar-refractivity contribution in [1.82, 2.24) is 5.32 Å². The lowest BCUT2D eigenvalue weighted by Crippen LogP contribution is -2.30. The second-order valence-corrected chi connectivity index (χ2v) is 5.46. The zero-order valence-electron chi connectivity index (χ0n) is 9.39. The Morgan fingerprint density at radius 3 is 2.50 bits per heavy atom. The van der Waals surface area contributed by atoms with Gasteiger partial charge in [0.1, 0.15) is 11.6 Å². The molecule has 0 atom stereocenters. The maximum absolute atomic E-state index is 12.6. The fourth-order valence-corrected chi connectivity index (χ4v) is 2.37. The molecule has 0 saturated carbocycles. The van der Waals surface area contributed by atoms with Crippen LogP contribution in [0.2, 0.25) is 0 Å². The molecule has 5 nitrogen and oxygen atoms in total. The Kier molecular flexibility index (Phi) is 4.80. The molecule has 1 aromatic rings. The summed E-state index contributed by atoms with van der Waals surface area (Å²) in [4.78, 5) is 11.2. The van der Waals surface area contributed by atoms with Crippen molar-refractivity contribution in [3.05, 3.63) is 30.1 Å². The van der Waals surface area contributed by atoms with Crippen molar-refractivity contribution in [2.24, 2.45) is 0 Å². The van der Waals surface area contributed by atoms with Crippen molar-refractivity contribution in [2.45, 2.75) is 11.3 Å². The van der Waals surface area contributed by atoms with E-state index in [9.17, 15) is 17.6 Å². The van der Waals surface area contributed by atoms with Crippen molar-refractivity contribution in [1.29, 1.82) is 5.26 Å². The van der Waals surface area contributed by atoms with Crippen LogP contribution >= 0.6 is 0 Å². The van der Waals surface area contributed by atoms with Gasteiger partial charge in [-0.3, -0.25) is 4.79 Å². The molecule has 0 fully saturated rings. The van der Waals surface area contributed by atoms with Crippen LogP contribution in [0.5, 0.6) is 0 Å². The van der Waals surface area contributed by atoms with Gasteiger partial charge in [0.05, 0.1) is 17.4 Å². The van der Waals surface area contributed by atoms with Gasteiger partial charge in [0.2, 0.25) is 5.91 Å². The fraction of sp³-hybridized carbons (Fsp3) is 0.273. The van der Waals surface area contributed by atoms with E-state index in [0.29, 0.717) is 0 Å². The summed E-state index contributed by atoms with van der Waals surface area (Å²) in [5.41, 5.74) is 0. The summed E-state index contributed by atoms with van der Waals surface area (Å²) in [5, 5.41) is 10.6. The third-order valence-corrected chi connectivity index (χ3v) is 3.69. The Hall–Kier alpha value is -1.94. The summed E-state index contributed by atoms with van der Waals surface area (Å²) >= 11 is 0. The van der Waals surface area contributed by atoms with E-state index < -0.39 is 27.3 Å². The zero-order chi connectivity index (χ0) is 13.6. The lowest BCUT2D eigenvalue weighted by Gasteiger charge is -2.04. The highest BCUT2D eigenvalue weighted by Crippen LogP contribution is 2.11. The smallest absolute Gasteiger partial charge is 0.235 e. The number of carbonyl (C=O) groups excluding carboxylic acids is 1. The van der Waals surface area contributed by atoms with Gasteiger partial charge in [-0.15, -0.1) is 0 Å². The van der Waals surface area contributed by atoms with Gasteiger partial charge < -0.3 is 5.32 Å². The molecule has 18 heavy (non-hydrogen) atoms. The topological polar surface area (TPSA) is 87.0 Å². The molecule has 0 heterocycles. The predicted molar refractivity (Wildman–Crippen MR) is 61.7 cm³/mol. The van der Waals surface area contributed by atoms with Crippen LogP contribution in [0.15, 0.2) is 29.2 Å². The monoisotopic (exact) mass is 270 g/mol. The van der Waals surface area contributed by atoms with Gasteiger partial charge in [0.25, 0.3) is 0 Å². The number of hydrogen-bond acceptors (Lipinski definition) is 4. The second kappa shape index (κ2) is 6.12. The molecule has 96 valence electrons. The molecule has 1 amide bonds. The molecule has 0 spiro atoms. The molecule has 1 aromatic carbocycles. The van der Waals surface area contributed by atoms with Crippen LogP contribution in [0.25, 0.3) is 0 Å². The molecule has 0 aliphatic carbocycles. The minimum Gasteiger partial charge on any atom is -0.354 e. The lowest BCUT2D eigenvalue weighted by atomic mass is 10.4. The average molecular weight is 270 g/mol. The quantitative estimate of drug-likeness (QED) is 0.628. The zero-order valence-corrected chi connectivity index (χ0v) is 10.2. The highest BCUT2D eigenvalue weighted by atomic mass is 32.2. The number of carbonyl (C=O) groups is 1. The van der Waals surface area contributed by atoms with Crippen LogP contribution < -0.4 is 5.32 Å². The number of benzene rings is 1. The Morgan fingerprint density at radius 2 is 1.94 bits per heavy atom. The molecular formula is C11H11FN2O3S. The number of halogens is 1. The molecule has 0 radical (unpaired) electrons. The minimum atomic E-state index is -3.78. The Balaban J connectivity index is 2.68. The Bertz CT molecular complexity index is 561. The second-order valence-electron chi connectivity index (χ2n) is 3.47. The molecule has 0 aliphatic rings. The van der Waals surface area contributed by atoms with Gasteiger partial charge in [-0.1, -0.05) is 0 Å². The third kappa shape index (κ3) is 4.14. The standard InChI is InChI=1S/C11H11FN2O3S/c12-9-2-4-10(5-3-9)18(16,17)8-11(15)14-7-1-6-13/h2-5H,1,7-8H2,(H,14,15). The number of nitrogens with one attached hydrogen (secondary N) is 1. The first-order valence-corrected chi connectivity index (χ1v) is 6.73.